The van der Waals surface area contributed by atoms with Crippen molar-refractivity contribution in [2.45, 2.75) is 46.6 Å². The molecule has 0 aliphatic carbocycles. The van der Waals surface area contributed by atoms with Crippen LogP contribution < -0.4 is 5.32 Å². The fourth-order valence-corrected chi connectivity index (χ4v) is 2.03. The van der Waals surface area contributed by atoms with E-state index >= 15 is 0 Å². The molecule has 1 aliphatic rings. The van der Waals surface area contributed by atoms with E-state index in [4.69, 9.17) is 4.74 Å². The quantitative estimate of drug-likeness (QED) is 0.726. The first-order valence-corrected chi connectivity index (χ1v) is 5.86. The summed E-state index contributed by atoms with van der Waals surface area (Å²) in [5.74, 6) is 0.531. The van der Waals surface area contributed by atoms with Gasteiger partial charge in [0, 0.05) is 6.54 Å². The third-order valence-corrected chi connectivity index (χ3v) is 2.97. The highest BCUT2D eigenvalue weighted by molar-refractivity contribution is 5.77. The van der Waals surface area contributed by atoms with Crippen LogP contribution in [0.2, 0.25) is 0 Å². The van der Waals surface area contributed by atoms with Crippen LogP contribution in [0.15, 0.2) is 0 Å². The van der Waals surface area contributed by atoms with E-state index in [1.165, 1.54) is 0 Å². The van der Waals surface area contributed by atoms with Gasteiger partial charge in [-0.15, -0.1) is 0 Å². The zero-order valence-electron chi connectivity index (χ0n) is 10.3. The fourth-order valence-electron chi connectivity index (χ4n) is 2.03. The smallest absolute Gasteiger partial charge is 0.313 e. The van der Waals surface area contributed by atoms with Crippen LogP contribution in [0.5, 0.6) is 0 Å². The van der Waals surface area contributed by atoms with Crippen molar-refractivity contribution in [1.29, 1.82) is 0 Å². The maximum atomic E-state index is 11.9. The highest BCUT2D eigenvalue weighted by Gasteiger charge is 2.38. The van der Waals surface area contributed by atoms with Crippen LogP contribution in [0.3, 0.4) is 0 Å². The second kappa shape index (κ2) is 4.97. The molecule has 3 heteroatoms. The van der Waals surface area contributed by atoms with E-state index in [0.717, 1.165) is 25.9 Å². The SMILES string of the molecule is CC(C)CC(C)OC(=O)C1(C)CCNC1. The summed E-state index contributed by atoms with van der Waals surface area (Å²) >= 11 is 0. The van der Waals surface area contributed by atoms with Crippen molar-refractivity contribution in [1.82, 2.24) is 5.32 Å². The van der Waals surface area contributed by atoms with Gasteiger partial charge in [-0.05, 0) is 39.2 Å². The van der Waals surface area contributed by atoms with Crippen molar-refractivity contribution in [2.75, 3.05) is 13.1 Å². The van der Waals surface area contributed by atoms with E-state index in [9.17, 15) is 4.79 Å². The fraction of sp³-hybridized carbons (Fsp3) is 0.917. The van der Waals surface area contributed by atoms with E-state index in [0.29, 0.717) is 5.92 Å². The Balaban J connectivity index is 2.40. The molecule has 1 N–H and O–H groups in total. The lowest BCUT2D eigenvalue weighted by Gasteiger charge is -2.24. The Labute approximate surface area is 92.6 Å². The highest BCUT2D eigenvalue weighted by atomic mass is 16.5. The second-order valence-corrected chi connectivity index (χ2v) is 5.33. The van der Waals surface area contributed by atoms with Gasteiger partial charge in [-0.3, -0.25) is 4.79 Å². The van der Waals surface area contributed by atoms with Gasteiger partial charge in [-0.25, -0.2) is 0 Å². The summed E-state index contributed by atoms with van der Waals surface area (Å²) in [6.45, 7) is 9.91. The maximum Gasteiger partial charge on any atom is 0.313 e. The molecule has 1 heterocycles. The molecular formula is C12H23NO2. The summed E-state index contributed by atoms with van der Waals surface area (Å²) in [6.07, 6.45) is 1.87. The Bertz CT molecular complexity index is 220. The van der Waals surface area contributed by atoms with E-state index in [1.54, 1.807) is 0 Å². The summed E-state index contributed by atoms with van der Waals surface area (Å²) in [5.41, 5.74) is -0.300. The van der Waals surface area contributed by atoms with Crippen LogP contribution in [0.4, 0.5) is 0 Å². The lowest BCUT2D eigenvalue weighted by atomic mass is 9.90. The third kappa shape index (κ3) is 3.49. The molecule has 1 saturated heterocycles. The summed E-state index contributed by atoms with van der Waals surface area (Å²) < 4.78 is 5.47. The number of hydrogen-bond acceptors (Lipinski definition) is 3. The molecule has 0 saturated carbocycles. The summed E-state index contributed by atoms with van der Waals surface area (Å²) in [7, 11) is 0. The first kappa shape index (κ1) is 12.5. The number of ether oxygens (including phenoxy) is 1. The van der Waals surface area contributed by atoms with E-state index in [2.05, 4.69) is 19.2 Å². The molecule has 1 rings (SSSR count). The van der Waals surface area contributed by atoms with Gasteiger partial charge in [-0.2, -0.15) is 0 Å². The summed E-state index contributed by atoms with van der Waals surface area (Å²) in [5, 5.41) is 3.21. The number of carbonyl (C=O) groups excluding carboxylic acids is 1. The third-order valence-electron chi connectivity index (χ3n) is 2.97. The average molecular weight is 213 g/mol. The molecular weight excluding hydrogens is 190 g/mol. The molecule has 3 nitrogen and oxygen atoms in total. The molecule has 2 unspecified atom stereocenters. The van der Waals surface area contributed by atoms with Crippen molar-refractivity contribution in [3.8, 4) is 0 Å². The van der Waals surface area contributed by atoms with Crippen LogP contribution in [-0.2, 0) is 9.53 Å². The average Bonchev–Trinajstić information content (AvgIpc) is 2.51. The Morgan fingerprint density at radius 3 is 2.60 bits per heavy atom. The van der Waals surface area contributed by atoms with Crippen molar-refractivity contribution in [3.05, 3.63) is 0 Å². The van der Waals surface area contributed by atoms with Gasteiger partial charge in [0.05, 0.1) is 11.5 Å². The molecule has 15 heavy (non-hydrogen) atoms. The van der Waals surface area contributed by atoms with Crippen molar-refractivity contribution in [3.63, 3.8) is 0 Å². The zero-order chi connectivity index (χ0) is 11.5. The molecule has 88 valence electrons. The molecule has 0 aromatic rings. The second-order valence-electron chi connectivity index (χ2n) is 5.33. The van der Waals surface area contributed by atoms with Gasteiger partial charge in [0.15, 0.2) is 0 Å². The summed E-state index contributed by atoms with van der Waals surface area (Å²) in [6, 6.07) is 0. The van der Waals surface area contributed by atoms with Gasteiger partial charge in [0.2, 0.25) is 0 Å². The van der Waals surface area contributed by atoms with Crippen LogP contribution in [-0.4, -0.2) is 25.2 Å². The molecule has 1 aliphatic heterocycles. The van der Waals surface area contributed by atoms with Gasteiger partial charge < -0.3 is 10.1 Å². The highest BCUT2D eigenvalue weighted by Crippen LogP contribution is 2.27. The van der Waals surface area contributed by atoms with E-state index in [1.807, 2.05) is 13.8 Å². The van der Waals surface area contributed by atoms with Crippen molar-refractivity contribution >= 4 is 5.97 Å². The first-order valence-electron chi connectivity index (χ1n) is 5.86. The van der Waals surface area contributed by atoms with Crippen LogP contribution >= 0.6 is 0 Å². The maximum absolute atomic E-state index is 11.9. The topological polar surface area (TPSA) is 38.3 Å². The van der Waals surface area contributed by atoms with Gasteiger partial charge in [-0.1, -0.05) is 13.8 Å². The largest absolute Gasteiger partial charge is 0.462 e. The Hall–Kier alpha value is -0.570. The molecule has 2 atom stereocenters. The zero-order valence-corrected chi connectivity index (χ0v) is 10.3. The molecule has 0 spiro atoms. The van der Waals surface area contributed by atoms with Gasteiger partial charge >= 0.3 is 5.97 Å². The predicted molar refractivity (Wildman–Crippen MR) is 60.6 cm³/mol. The molecule has 0 bridgehead atoms. The Morgan fingerprint density at radius 2 is 2.13 bits per heavy atom. The van der Waals surface area contributed by atoms with Gasteiger partial charge in [0.1, 0.15) is 0 Å². The predicted octanol–water partition coefficient (Wildman–Crippen LogP) is 1.96. The number of nitrogens with one attached hydrogen (secondary N) is 1. The minimum absolute atomic E-state index is 0.0370. The number of esters is 1. The van der Waals surface area contributed by atoms with Crippen LogP contribution in [0.1, 0.15) is 40.5 Å². The molecule has 0 aromatic carbocycles. The standard InChI is InChI=1S/C12H23NO2/c1-9(2)7-10(3)15-11(14)12(4)5-6-13-8-12/h9-10,13H,5-8H2,1-4H3. The summed E-state index contributed by atoms with van der Waals surface area (Å²) in [4.78, 5) is 11.9. The molecule has 0 aromatic heterocycles. The van der Waals surface area contributed by atoms with E-state index < -0.39 is 0 Å². The Morgan fingerprint density at radius 1 is 1.47 bits per heavy atom. The monoisotopic (exact) mass is 213 g/mol. The minimum Gasteiger partial charge on any atom is -0.462 e. The van der Waals surface area contributed by atoms with Gasteiger partial charge in [0.25, 0.3) is 0 Å². The van der Waals surface area contributed by atoms with E-state index in [-0.39, 0.29) is 17.5 Å². The first-order chi connectivity index (χ1) is 6.94. The Kier molecular flexibility index (Phi) is 4.14. The van der Waals surface area contributed by atoms with Crippen LogP contribution in [0.25, 0.3) is 0 Å². The lowest BCUT2D eigenvalue weighted by Crippen LogP contribution is -2.34. The molecule has 0 radical (unpaired) electrons. The number of rotatable bonds is 4. The van der Waals surface area contributed by atoms with Crippen LogP contribution in [0, 0.1) is 11.3 Å². The minimum atomic E-state index is -0.300. The normalized spacial score (nSPS) is 28.1. The number of carbonyl (C=O) groups is 1. The number of hydrogen-bond donors (Lipinski definition) is 1. The van der Waals surface area contributed by atoms with Crippen molar-refractivity contribution < 1.29 is 9.53 Å². The molecule has 0 amide bonds. The van der Waals surface area contributed by atoms with Crippen molar-refractivity contribution in [2.24, 2.45) is 11.3 Å². The lowest BCUT2D eigenvalue weighted by molar-refractivity contribution is -0.159. The molecule has 1 fully saturated rings.